The van der Waals surface area contributed by atoms with E-state index in [0.29, 0.717) is 29.1 Å². The smallest absolute Gasteiger partial charge is 0.230 e. The molecule has 0 bridgehead atoms. The van der Waals surface area contributed by atoms with Gasteiger partial charge in [-0.3, -0.25) is 4.79 Å². The molecule has 0 aromatic heterocycles. The van der Waals surface area contributed by atoms with Gasteiger partial charge < -0.3 is 10.4 Å². The molecular formula is C18H17ClFNO2. The van der Waals surface area contributed by atoms with Crippen LogP contribution in [0.25, 0.3) is 11.1 Å². The first kappa shape index (κ1) is 16.0. The Balaban J connectivity index is 1.90. The van der Waals surface area contributed by atoms with E-state index in [1.54, 1.807) is 30.3 Å². The quantitative estimate of drug-likeness (QED) is 0.882. The molecule has 0 spiro atoms. The Hall–Kier alpha value is -1.91. The van der Waals surface area contributed by atoms with E-state index in [4.69, 9.17) is 11.6 Å². The average Bonchev–Trinajstić information content (AvgIpc) is 2.96. The van der Waals surface area contributed by atoms with Gasteiger partial charge in [0.2, 0.25) is 5.91 Å². The Morgan fingerprint density at radius 2 is 1.91 bits per heavy atom. The van der Waals surface area contributed by atoms with Crippen LogP contribution >= 0.6 is 11.6 Å². The van der Waals surface area contributed by atoms with Gasteiger partial charge in [0.1, 0.15) is 5.82 Å². The molecule has 120 valence electrons. The summed E-state index contributed by atoms with van der Waals surface area (Å²) in [5.74, 6) is -1.01. The summed E-state index contributed by atoms with van der Waals surface area (Å²) in [4.78, 5) is 12.4. The molecule has 1 aliphatic rings. The predicted octanol–water partition coefficient (Wildman–Crippen LogP) is 4.25. The van der Waals surface area contributed by atoms with Gasteiger partial charge in [0.05, 0.1) is 12.0 Å². The molecule has 3 rings (SSSR count). The molecule has 1 saturated carbocycles. The highest BCUT2D eigenvalue weighted by Crippen LogP contribution is 2.32. The third-order valence-corrected chi connectivity index (χ3v) is 4.46. The van der Waals surface area contributed by atoms with Crippen LogP contribution in [0.5, 0.6) is 0 Å². The third-order valence-electron chi connectivity index (χ3n) is 4.21. The average molecular weight is 334 g/mol. The summed E-state index contributed by atoms with van der Waals surface area (Å²) in [6.07, 6.45) is 1.55. The van der Waals surface area contributed by atoms with Crippen LogP contribution in [-0.2, 0) is 4.79 Å². The lowest BCUT2D eigenvalue weighted by Crippen LogP contribution is -2.28. The lowest BCUT2D eigenvalue weighted by molar-refractivity contribution is -0.122. The fourth-order valence-electron chi connectivity index (χ4n) is 2.97. The van der Waals surface area contributed by atoms with Crippen molar-refractivity contribution in [2.75, 3.05) is 5.32 Å². The number of hydrogen-bond donors (Lipinski definition) is 2. The molecule has 0 heterocycles. The molecule has 2 N–H and O–H groups in total. The van der Waals surface area contributed by atoms with Gasteiger partial charge in [0.25, 0.3) is 0 Å². The van der Waals surface area contributed by atoms with Gasteiger partial charge in [-0.25, -0.2) is 4.39 Å². The first-order valence-electron chi connectivity index (χ1n) is 7.59. The standard InChI is InChI=1S/C18H17ClFNO2/c19-12-6-4-11(5-7-12)15-10-13(20)8-9-16(15)21-18(23)14-2-1-3-17(14)22/h4-10,14,17,22H,1-3H2,(H,21,23). The number of amides is 1. The Labute approximate surface area is 139 Å². The van der Waals surface area contributed by atoms with E-state index in [0.717, 1.165) is 12.0 Å². The fourth-order valence-corrected chi connectivity index (χ4v) is 3.09. The van der Waals surface area contributed by atoms with Crippen LogP contribution in [0.1, 0.15) is 19.3 Å². The van der Waals surface area contributed by atoms with Gasteiger partial charge in [0, 0.05) is 16.3 Å². The summed E-state index contributed by atoms with van der Waals surface area (Å²) in [7, 11) is 0. The van der Waals surface area contributed by atoms with Gasteiger partial charge in [-0.05, 0) is 55.2 Å². The van der Waals surface area contributed by atoms with Crippen LogP contribution in [0.4, 0.5) is 10.1 Å². The third kappa shape index (κ3) is 3.54. The maximum Gasteiger partial charge on any atom is 0.230 e. The second-order valence-corrected chi connectivity index (χ2v) is 6.23. The summed E-state index contributed by atoms with van der Waals surface area (Å²) in [5, 5.41) is 13.3. The fraction of sp³-hybridized carbons (Fsp3) is 0.278. The van der Waals surface area contributed by atoms with Crippen molar-refractivity contribution in [3.63, 3.8) is 0 Å². The van der Waals surface area contributed by atoms with E-state index >= 15 is 0 Å². The van der Waals surface area contributed by atoms with Crippen molar-refractivity contribution in [2.24, 2.45) is 5.92 Å². The topological polar surface area (TPSA) is 49.3 Å². The molecule has 2 unspecified atom stereocenters. The van der Waals surface area contributed by atoms with Gasteiger partial charge in [-0.1, -0.05) is 23.7 Å². The number of carbonyl (C=O) groups is 1. The zero-order valence-corrected chi connectivity index (χ0v) is 13.2. The number of nitrogens with one attached hydrogen (secondary N) is 1. The Morgan fingerprint density at radius 1 is 1.17 bits per heavy atom. The van der Waals surface area contributed by atoms with Crippen LogP contribution in [0.2, 0.25) is 5.02 Å². The molecule has 2 atom stereocenters. The highest BCUT2D eigenvalue weighted by molar-refractivity contribution is 6.30. The number of anilines is 1. The van der Waals surface area contributed by atoms with Crippen LogP contribution in [-0.4, -0.2) is 17.1 Å². The number of halogens is 2. The van der Waals surface area contributed by atoms with Crippen molar-refractivity contribution in [2.45, 2.75) is 25.4 Å². The Morgan fingerprint density at radius 3 is 2.57 bits per heavy atom. The van der Waals surface area contributed by atoms with Crippen molar-refractivity contribution < 1.29 is 14.3 Å². The number of benzene rings is 2. The van der Waals surface area contributed by atoms with Crippen LogP contribution < -0.4 is 5.32 Å². The Bertz CT molecular complexity index is 717. The SMILES string of the molecule is O=C(Nc1ccc(F)cc1-c1ccc(Cl)cc1)C1CCCC1O. The lowest BCUT2D eigenvalue weighted by atomic mass is 10.0. The van der Waals surface area contributed by atoms with E-state index in [-0.39, 0.29) is 11.7 Å². The number of hydrogen-bond acceptors (Lipinski definition) is 2. The van der Waals surface area contributed by atoms with E-state index in [1.807, 2.05) is 0 Å². The first-order chi connectivity index (χ1) is 11.0. The zero-order chi connectivity index (χ0) is 16.4. The molecule has 3 nitrogen and oxygen atoms in total. The second kappa shape index (κ2) is 6.69. The van der Waals surface area contributed by atoms with Gasteiger partial charge in [-0.2, -0.15) is 0 Å². The van der Waals surface area contributed by atoms with Crippen LogP contribution in [0, 0.1) is 11.7 Å². The van der Waals surface area contributed by atoms with Crippen molar-refractivity contribution in [3.8, 4) is 11.1 Å². The van der Waals surface area contributed by atoms with E-state index < -0.39 is 12.0 Å². The van der Waals surface area contributed by atoms with E-state index in [9.17, 15) is 14.3 Å². The minimum Gasteiger partial charge on any atom is -0.392 e. The van der Waals surface area contributed by atoms with Crippen molar-refractivity contribution >= 4 is 23.2 Å². The highest BCUT2D eigenvalue weighted by Gasteiger charge is 2.31. The molecular weight excluding hydrogens is 317 g/mol. The summed E-state index contributed by atoms with van der Waals surface area (Å²) < 4.78 is 13.6. The number of aliphatic hydroxyl groups is 1. The maximum atomic E-state index is 13.6. The molecule has 5 heteroatoms. The molecule has 0 radical (unpaired) electrons. The Kier molecular flexibility index (Phi) is 4.64. The van der Waals surface area contributed by atoms with Gasteiger partial charge in [0.15, 0.2) is 0 Å². The summed E-state index contributed by atoms with van der Waals surface area (Å²) in [6.45, 7) is 0. The van der Waals surface area contributed by atoms with Crippen molar-refractivity contribution in [3.05, 3.63) is 53.3 Å². The minimum absolute atomic E-state index is 0.225. The highest BCUT2D eigenvalue weighted by atomic mass is 35.5. The van der Waals surface area contributed by atoms with Crippen molar-refractivity contribution in [1.82, 2.24) is 0 Å². The van der Waals surface area contributed by atoms with Crippen molar-refractivity contribution in [1.29, 1.82) is 0 Å². The molecule has 23 heavy (non-hydrogen) atoms. The number of rotatable bonds is 3. The van der Waals surface area contributed by atoms with E-state index in [1.165, 1.54) is 12.1 Å². The van der Waals surface area contributed by atoms with Crippen LogP contribution in [0.3, 0.4) is 0 Å². The van der Waals surface area contributed by atoms with Crippen LogP contribution in [0.15, 0.2) is 42.5 Å². The van der Waals surface area contributed by atoms with E-state index in [2.05, 4.69) is 5.32 Å². The van der Waals surface area contributed by atoms with Gasteiger partial charge in [-0.15, -0.1) is 0 Å². The minimum atomic E-state index is -0.602. The maximum absolute atomic E-state index is 13.6. The summed E-state index contributed by atoms with van der Waals surface area (Å²) in [6, 6.07) is 11.2. The largest absolute Gasteiger partial charge is 0.392 e. The predicted molar refractivity (Wildman–Crippen MR) is 88.8 cm³/mol. The lowest BCUT2D eigenvalue weighted by Gasteiger charge is -2.17. The second-order valence-electron chi connectivity index (χ2n) is 5.79. The first-order valence-corrected chi connectivity index (χ1v) is 7.97. The molecule has 2 aromatic rings. The normalized spacial score (nSPS) is 20.5. The number of carbonyl (C=O) groups excluding carboxylic acids is 1. The van der Waals surface area contributed by atoms with Gasteiger partial charge >= 0.3 is 0 Å². The monoisotopic (exact) mass is 333 g/mol. The molecule has 2 aromatic carbocycles. The molecule has 0 aliphatic heterocycles. The summed E-state index contributed by atoms with van der Waals surface area (Å²) in [5.41, 5.74) is 1.87. The molecule has 1 amide bonds. The molecule has 1 fully saturated rings. The number of aliphatic hydroxyl groups excluding tert-OH is 1. The molecule has 1 aliphatic carbocycles. The zero-order valence-electron chi connectivity index (χ0n) is 12.4. The molecule has 0 saturated heterocycles. The summed E-state index contributed by atoms with van der Waals surface area (Å²) >= 11 is 5.89.